The van der Waals surface area contributed by atoms with Crippen molar-refractivity contribution in [3.8, 4) is 0 Å². The van der Waals surface area contributed by atoms with Crippen LogP contribution in [0.25, 0.3) is 10.9 Å². The quantitative estimate of drug-likeness (QED) is 0.521. The van der Waals surface area contributed by atoms with E-state index in [0.29, 0.717) is 11.3 Å². The van der Waals surface area contributed by atoms with Gasteiger partial charge in [-0.05, 0) is 30.9 Å². The normalized spacial score (nSPS) is 13.8. The van der Waals surface area contributed by atoms with Gasteiger partial charge in [-0.1, -0.05) is 60.6 Å². The topological polar surface area (TPSA) is 55.9 Å². The number of aromatic nitrogens is 1. The second-order valence-electron chi connectivity index (χ2n) is 6.56. The standard InChI is InChI=1S/C21H23NO2S/c1-14(12-13-25(3)24)17-10-7-11-18-20(17)19(15(2)22-18)21(23)16-8-5-4-6-9-16/h4-11,14,22H,12-13H2,1-3H3. The number of fused-ring (bicyclic) bond motifs is 1. The fourth-order valence-electron chi connectivity index (χ4n) is 3.33. The average molecular weight is 353 g/mol. The molecule has 0 saturated heterocycles. The van der Waals surface area contributed by atoms with E-state index in [1.165, 1.54) is 0 Å². The molecule has 3 nitrogen and oxygen atoms in total. The van der Waals surface area contributed by atoms with Crippen LogP contribution < -0.4 is 0 Å². The van der Waals surface area contributed by atoms with Crippen molar-refractivity contribution in [1.29, 1.82) is 0 Å². The van der Waals surface area contributed by atoms with Crippen LogP contribution in [0.15, 0.2) is 48.5 Å². The molecule has 25 heavy (non-hydrogen) atoms. The summed E-state index contributed by atoms with van der Waals surface area (Å²) in [7, 11) is 0. The molecule has 1 heterocycles. The van der Waals surface area contributed by atoms with Gasteiger partial charge in [0, 0.05) is 22.2 Å². The van der Waals surface area contributed by atoms with Gasteiger partial charge in [-0.2, -0.15) is 0 Å². The summed E-state index contributed by atoms with van der Waals surface area (Å²) in [4.78, 5) is 16.5. The number of hydrogen-bond acceptors (Lipinski definition) is 2. The van der Waals surface area contributed by atoms with Gasteiger partial charge in [0.05, 0.1) is 11.8 Å². The highest BCUT2D eigenvalue weighted by molar-refractivity contribution is 7.90. The van der Waals surface area contributed by atoms with Crippen LogP contribution in [0.3, 0.4) is 0 Å². The fraction of sp³-hybridized carbons (Fsp3) is 0.286. The lowest BCUT2D eigenvalue weighted by molar-refractivity contribution is 0.103. The molecule has 4 heteroatoms. The Kier molecular flexibility index (Phi) is 5.30. The summed E-state index contributed by atoms with van der Waals surface area (Å²) in [5, 5.41) is 1.00. The number of hydrogen-bond donors (Lipinski definition) is 1. The minimum atomic E-state index is -0.807. The van der Waals surface area contributed by atoms with E-state index in [9.17, 15) is 9.35 Å². The summed E-state index contributed by atoms with van der Waals surface area (Å²) in [6, 6.07) is 15.5. The fourth-order valence-corrected chi connectivity index (χ4v) is 4.02. The molecule has 0 saturated carbocycles. The summed E-state index contributed by atoms with van der Waals surface area (Å²) in [6.45, 7) is 4.09. The van der Waals surface area contributed by atoms with Crippen molar-refractivity contribution in [2.75, 3.05) is 12.0 Å². The van der Waals surface area contributed by atoms with Crippen LogP contribution in [-0.2, 0) is 11.2 Å². The molecule has 1 aromatic heterocycles. The number of rotatable bonds is 6. The van der Waals surface area contributed by atoms with Crippen molar-refractivity contribution in [1.82, 2.24) is 4.98 Å². The number of benzene rings is 2. The summed E-state index contributed by atoms with van der Waals surface area (Å²) in [5.41, 5.74) is 4.47. The molecule has 0 bridgehead atoms. The van der Waals surface area contributed by atoms with Crippen molar-refractivity contribution in [3.63, 3.8) is 0 Å². The van der Waals surface area contributed by atoms with Gasteiger partial charge in [-0.25, -0.2) is 0 Å². The number of aryl methyl sites for hydroxylation is 1. The van der Waals surface area contributed by atoms with E-state index in [1.807, 2.05) is 49.4 Å². The summed E-state index contributed by atoms with van der Waals surface area (Å²) in [6.07, 6.45) is 2.57. The third-order valence-electron chi connectivity index (χ3n) is 4.68. The van der Waals surface area contributed by atoms with Crippen molar-refractivity contribution in [3.05, 3.63) is 70.9 Å². The van der Waals surface area contributed by atoms with E-state index in [0.717, 1.165) is 34.1 Å². The summed E-state index contributed by atoms with van der Waals surface area (Å²) < 4.78 is 11.5. The molecule has 2 aromatic carbocycles. The van der Waals surface area contributed by atoms with E-state index in [2.05, 4.69) is 18.0 Å². The van der Waals surface area contributed by atoms with E-state index in [4.69, 9.17) is 0 Å². The maximum atomic E-state index is 13.1. The van der Waals surface area contributed by atoms with E-state index < -0.39 is 11.2 Å². The number of aromatic amines is 1. The van der Waals surface area contributed by atoms with Gasteiger partial charge in [0.2, 0.25) is 0 Å². The first-order chi connectivity index (χ1) is 12.0. The molecule has 2 atom stereocenters. The predicted octanol–water partition coefficient (Wildman–Crippen LogP) is 4.58. The van der Waals surface area contributed by atoms with Crippen molar-refractivity contribution in [2.24, 2.45) is 0 Å². The smallest absolute Gasteiger partial charge is 0.195 e. The average Bonchev–Trinajstić information content (AvgIpc) is 2.95. The molecular formula is C21H23NO2S. The second-order valence-corrected chi connectivity index (χ2v) is 8.11. The molecule has 0 aliphatic carbocycles. The van der Waals surface area contributed by atoms with Crippen molar-refractivity contribution in [2.45, 2.75) is 26.2 Å². The van der Waals surface area contributed by atoms with Gasteiger partial charge in [-0.3, -0.25) is 4.79 Å². The number of carbonyl (C=O) groups is 1. The molecule has 3 aromatic rings. The van der Waals surface area contributed by atoms with Crippen LogP contribution in [0.1, 0.15) is 46.4 Å². The molecule has 3 rings (SSSR count). The molecule has 0 aliphatic heterocycles. The van der Waals surface area contributed by atoms with E-state index in [1.54, 1.807) is 6.26 Å². The van der Waals surface area contributed by atoms with Gasteiger partial charge < -0.3 is 9.54 Å². The molecule has 0 aliphatic rings. The Morgan fingerprint density at radius 3 is 2.56 bits per heavy atom. The van der Waals surface area contributed by atoms with E-state index in [-0.39, 0.29) is 11.7 Å². The zero-order valence-corrected chi connectivity index (χ0v) is 15.7. The maximum absolute atomic E-state index is 13.1. The highest BCUT2D eigenvalue weighted by Gasteiger charge is 2.22. The van der Waals surface area contributed by atoms with Gasteiger partial charge >= 0.3 is 0 Å². The minimum absolute atomic E-state index is 0.0445. The predicted molar refractivity (Wildman–Crippen MR) is 105 cm³/mol. The third kappa shape index (κ3) is 3.65. The first kappa shape index (κ1) is 17.8. The lowest BCUT2D eigenvalue weighted by Crippen LogP contribution is -2.08. The highest BCUT2D eigenvalue weighted by atomic mass is 32.2. The number of nitrogens with one attached hydrogen (secondary N) is 1. The molecule has 130 valence electrons. The number of H-pyrrole nitrogens is 1. The van der Waals surface area contributed by atoms with Gasteiger partial charge in [0.15, 0.2) is 5.78 Å². The Balaban J connectivity index is 2.10. The SMILES string of the molecule is Cc1[nH]c2cccc(C(C)CC[S+](C)[O-])c2c1C(=O)c1ccccc1. The van der Waals surface area contributed by atoms with E-state index >= 15 is 0 Å². The Bertz CT molecular complexity index is 884. The molecule has 1 N–H and O–H groups in total. The largest absolute Gasteiger partial charge is 0.617 e. The van der Waals surface area contributed by atoms with Gasteiger partial charge in [-0.15, -0.1) is 0 Å². The maximum Gasteiger partial charge on any atom is 0.195 e. The monoisotopic (exact) mass is 353 g/mol. The Labute approximate surface area is 151 Å². The Morgan fingerprint density at radius 2 is 1.88 bits per heavy atom. The van der Waals surface area contributed by atoms with Crippen molar-refractivity contribution < 1.29 is 9.35 Å². The summed E-state index contributed by atoms with van der Waals surface area (Å²) in [5.74, 6) is 0.955. The molecule has 2 unspecified atom stereocenters. The van der Waals surface area contributed by atoms with Crippen LogP contribution in [-0.4, -0.2) is 27.3 Å². The van der Waals surface area contributed by atoms with Crippen LogP contribution in [0.5, 0.6) is 0 Å². The third-order valence-corrected chi connectivity index (χ3v) is 5.49. The molecular weight excluding hydrogens is 330 g/mol. The van der Waals surface area contributed by atoms with Crippen LogP contribution in [0, 0.1) is 6.92 Å². The minimum Gasteiger partial charge on any atom is -0.617 e. The first-order valence-corrected chi connectivity index (χ1v) is 10.2. The zero-order chi connectivity index (χ0) is 18.0. The lowest BCUT2D eigenvalue weighted by Gasteiger charge is -2.15. The molecule has 0 amide bonds. The molecule has 0 fully saturated rings. The number of ketones is 1. The van der Waals surface area contributed by atoms with Crippen LogP contribution in [0.2, 0.25) is 0 Å². The molecule has 0 spiro atoms. The molecule has 0 radical (unpaired) electrons. The van der Waals surface area contributed by atoms with Gasteiger partial charge in [0.25, 0.3) is 0 Å². The Morgan fingerprint density at radius 1 is 1.16 bits per heavy atom. The van der Waals surface area contributed by atoms with Crippen LogP contribution in [0.4, 0.5) is 0 Å². The lowest BCUT2D eigenvalue weighted by atomic mass is 9.91. The second kappa shape index (κ2) is 7.46. The highest BCUT2D eigenvalue weighted by Crippen LogP contribution is 2.33. The summed E-state index contributed by atoms with van der Waals surface area (Å²) >= 11 is -0.807. The zero-order valence-electron chi connectivity index (χ0n) is 14.8. The number of carbonyl (C=O) groups excluding carboxylic acids is 1. The van der Waals surface area contributed by atoms with Gasteiger partial charge in [0.1, 0.15) is 5.75 Å². The Hall–Kier alpha value is -2.04. The van der Waals surface area contributed by atoms with Crippen molar-refractivity contribution >= 4 is 27.9 Å². The van der Waals surface area contributed by atoms with Crippen LogP contribution >= 0.6 is 0 Å². The first-order valence-electron chi connectivity index (χ1n) is 8.50.